The Morgan fingerprint density at radius 1 is 1.09 bits per heavy atom. The predicted molar refractivity (Wildman–Crippen MR) is 132 cm³/mol. The molecule has 1 atom stereocenters. The Hall–Kier alpha value is -3.72. The first-order valence-corrected chi connectivity index (χ1v) is 12.3. The van der Waals surface area contributed by atoms with Crippen LogP contribution < -0.4 is 10.6 Å². The molecule has 0 spiro atoms. The molecule has 0 radical (unpaired) electrons. The zero-order chi connectivity index (χ0) is 24.5. The van der Waals surface area contributed by atoms with E-state index in [-0.39, 0.29) is 23.1 Å². The number of aryl methyl sites for hydroxylation is 1. The van der Waals surface area contributed by atoms with E-state index in [1.807, 2.05) is 36.4 Å². The van der Waals surface area contributed by atoms with Crippen molar-refractivity contribution >= 4 is 34.5 Å². The number of carboxylic acid groups (broad SMARTS) is 1. The van der Waals surface area contributed by atoms with Crippen molar-refractivity contribution in [2.24, 2.45) is 5.92 Å². The van der Waals surface area contributed by atoms with Gasteiger partial charge in [0, 0.05) is 5.92 Å². The average molecular weight is 492 g/mol. The fraction of sp³-hybridized carbons (Fsp3) is 0.308. The lowest BCUT2D eigenvalue weighted by Crippen LogP contribution is -2.44. The number of benzene rings is 2. The molecule has 2 aliphatic rings. The molecular formula is C26H25N3O5S. The van der Waals surface area contributed by atoms with Gasteiger partial charge in [-0.3, -0.25) is 4.79 Å². The maximum absolute atomic E-state index is 13.0. The monoisotopic (exact) mass is 491 g/mol. The van der Waals surface area contributed by atoms with Gasteiger partial charge >= 0.3 is 12.1 Å². The highest BCUT2D eigenvalue weighted by Crippen LogP contribution is 2.44. The number of carbonyl (C=O) groups is 3. The van der Waals surface area contributed by atoms with Crippen LogP contribution in [0.1, 0.15) is 52.4 Å². The van der Waals surface area contributed by atoms with Gasteiger partial charge in [0.25, 0.3) is 0 Å². The Labute approximate surface area is 206 Å². The van der Waals surface area contributed by atoms with Crippen LogP contribution >= 0.6 is 11.5 Å². The summed E-state index contributed by atoms with van der Waals surface area (Å²) < 4.78 is 9.63. The summed E-state index contributed by atoms with van der Waals surface area (Å²) in [4.78, 5) is 37.3. The van der Waals surface area contributed by atoms with Gasteiger partial charge in [-0.15, -0.1) is 0 Å². The average Bonchev–Trinajstić information content (AvgIpc) is 3.50. The lowest BCUT2D eigenvalue weighted by Gasteiger charge is -2.19. The molecule has 2 aliphatic carbocycles. The van der Waals surface area contributed by atoms with E-state index < -0.39 is 24.0 Å². The van der Waals surface area contributed by atoms with Crippen molar-refractivity contribution in [3.05, 3.63) is 70.9 Å². The third kappa shape index (κ3) is 4.77. The van der Waals surface area contributed by atoms with E-state index in [1.54, 1.807) is 6.92 Å². The molecular weight excluding hydrogens is 466 g/mol. The number of aromatic nitrogens is 1. The maximum atomic E-state index is 13.0. The summed E-state index contributed by atoms with van der Waals surface area (Å²) in [5, 5.41) is 14.9. The summed E-state index contributed by atoms with van der Waals surface area (Å²) in [7, 11) is 0. The molecule has 1 heterocycles. The Balaban J connectivity index is 1.26. The van der Waals surface area contributed by atoms with Gasteiger partial charge in [0.15, 0.2) is 0 Å². The first-order chi connectivity index (χ1) is 16.9. The van der Waals surface area contributed by atoms with Crippen LogP contribution in [0.15, 0.2) is 48.5 Å². The smallest absolute Gasteiger partial charge is 0.407 e. The number of ether oxygens (including phenoxy) is 1. The van der Waals surface area contributed by atoms with Crippen molar-refractivity contribution in [1.29, 1.82) is 0 Å². The molecule has 1 saturated carbocycles. The van der Waals surface area contributed by atoms with Gasteiger partial charge in [0.2, 0.25) is 5.91 Å². The van der Waals surface area contributed by atoms with Gasteiger partial charge in [-0.25, -0.2) is 9.59 Å². The Morgan fingerprint density at radius 3 is 2.31 bits per heavy atom. The largest absolute Gasteiger partial charge is 0.478 e. The van der Waals surface area contributed by atoms with Gasteiger partial charge in [-0.05, 0) is 53.0 Å². The minimum Gasteiger partial charge on any atom is -0.478 e. The molecule has 0 unspecified atom stereocenters. The van der Waals surface area contributed by atoms with Crippen LogP contribution in [0.3, 0.4) is 0 Å². The summed E-state index contributed by atoms with van der Waals surface area (Å²) >= 11 is 0.911. The minimum absolute atomic E-state index is 0.0327. The highest BCUT2D eigenvalue weighted by Gasteiger charge is 2.33. The number of hydrogen-bond acceptors (Lipinski definition) is 6. The number of alkyl carbamates (subject to hydrolysis) is 1. The molecule has 1 aromatic heterocycles. The van der Waals surface area contributed by atoms with Crippen molar-refractivity contribution in [3.8, 4) is 11.1 Å². The summed E-state index contributed by atoms with van der Waals surface area (Å²) in [5.41, 5.74) is 4.79. The number of anilines is 1. The van der Waals surface area contributed by atoms with E-state index >= 15 is 0 Å². The number of fused-ring (bicyclic) bond motifs is 3. The molecule has 5 rings (SSSR count). The van der Waals surface area contributed by atoms with Crippen LogP contribution in [0.2, 0.25) is 0 Å². The Kier molecular flexibility index (Phi) is 6.25. The van der Waals surface area contributed by atoms with Crippen LogP contribution in [-0.2, 0) is 9.53 Å². The maximum Gasteiger partial charge on any atom is 0.407 e. The summed E-state index contributed by atoms with van der Waals surface area (Å²) in [6.07, 6.45) is 1.79. The van der Waals surface area contributed by atoms with Crippen molar-refractivity contribution in [1.82, 2.24) is 9.69 Å². The van der Waals surface area contributed by atoms with Crippen LogP contribution in [-0.4, -0.2) is 40.1 Å². The molecule has 0 bridgehead atoms. The minimum atomic E-state index is -1.16. The van der Waals surface area contributed by atoms with Gasteiger partial charge in [-0.1, -0.05) is 61.4 Å². The van der Waals surface area contributed by atoms with Crippen LogP contribution in [0.5, 0.6) is 0 Å². The first kappa shape index (κ1) is 23.0. The van der Waals surface area contributed by atoms with E-state index in [1.165, 1.54) is 0 Å². The molecule has 8 nitrogen and oxygen atoms in total. The number of amides is 2. The molecule has 3 aromatic rings. The van der Waals surface area contributed by atoms with E-state index in [0.717, 1.165) is 46.6 Å². The Bertz CT molecular complexity index is 1250. The van der Waals surface area contributed by atoms with Crippen LogP contribution in [0.25, 0.3) is 11.1 Å². The molecule has 2 aromatic carbocycles. The zero-order valence-electron chi connectivity index (χ0n) is 19.1. The fourth-order valence-corrected chi connectivity index (χ4v) is 5.40. The molecule has 35 heavy (non-hydrogen) atoms. The second-order valence-corrected chi connectivity index (χ2v) is 9.74. The lowest BCUT2D eigenvalue weighted by atomic mass is 9.98. The highest BCUT2D eigenvalue weighted by molar-refractivity contribution is 7.11. The first-order valence-electron chi connectivity index (χ1n) is 11.5. The molecule has 2 amide bonds. The van der Waals surface area contributed by atoms with Crippen molar-refractivity contribution in [2.45, 2.75) is 38.1 Å². The van der Waals surface area contributed by atoms with E-state index in [0.29, 0.717) is 18.0 Å². The molecule has 180 valence electrons. The molecule has 1 fully saturated rings. The molecule has 0 saturated heterocycles. The van der Waals surface area contributed by atoms with Crippen LogP contribution in [0, 0.1) is 12.8 Å². The SMILES string of the molecule is Cc1nsc(NC(=O)[C@H](CC2CC2)NC(=O)OCC2c3ccccc3-c3ccccc32)c1C(=O)O. The third-order valence-corrected chi connectivity index (χ3v) is 7.39. The second kappa shape index (κ2) is 9.50. The number of nitrogens with one attached hydrogen (secondary N) is 2. The van der Waals surface area contributed by atoms with Crippen molar-refractivity contribution < 1.29 is 24.2 Å². The van der Waals surface area contributed by atoms with Crippen LogP contribution in [0.4, 0.5) is 9.80 Å². The summed E-state index contributed by atoms with van der Waals surface area (Å²) in [5.74, 6) is -1.37. The highest BCUT2D eigenvalue weighted by atomic mass is 32.1. The molecule has 0 aliphatic heterocycles. The van der Waals surface area contributed by atoms with Gasteiger partial charge in [0.05, 0.1) is 5.69 Å². The van der Waals surface area contributed by atoms with Crippen molar-refractivity contribution in [2.75, 3.05) is 11.9 Å². The number of aromatic carboxylic acids is 1. The van der Waals surface area contributed by atoms with E-state index in [2.05, 4.69) is 27.1 Å². The predicted octanol–water partition coefficient (Wildman–Crippen LogP) is 4.80. The number of nitrogens with zero attached hydrogens (tertiary/aromatic N) is 1. The van der Waals surface area contributed by atoms with Gasteiger partial charge < -0.3 is 20.5 Å². The zero-order valence-corrected chi connectivity index (χ0v) is 19.9. The van der Waals surface area contributed by atoms with Gasteiger partial charge in [0.1, 0.15) is 23.2 Å². The third-order valence-electron chi connectivity index (χ3n) is 6.53. The number of rotatable bonds is 8. The summed E-state index contributed by atoms with van der Waals surface area (Å²) in [6, 6.07) is 15.3. The Morgan fingerprint density at radius 2 is 1.71 bits per heavy atom. The standard InChI is InChI=1S/C26H25N3O5S/c1-14-22(25(31)32)24(35-29-14)28-23(30)21(12-15-10-11-15)27-26(33)34-13-20-18-8-4-2-6-16(18)17-7-3-5-9-19(17)20/h2-9,15,20-21H,10-13H2,1H3,(H,27,33)(H,28,30)(H,31,32)/t21-/m0/s1. The molecule has 3 N–H and O–H groups in total. The topological polar surface area (TPSA) is 118 Å². The lowest BCUT2D eigenvalue weighted by molar-refractivity contribution is -0.118. The van der Waals surface area contributed by atoms with E-state index in [4.69, 9.17) is 4.74 Å². The quantitative estimate of drug-likeness (QED) is 0.417. The molecule has 9 heteroatoms. The normalized spacial score (nSPS) is 15.1. The fourth-order valence-electron chi connectivity index (χ4n) is 4.61. The number of hydrogen-bond donors (Lipinski definition) is 3. The van der Waals surface area contributed by atoms with Gasteiger partial charge in [-0.2, -0.15) is 4.37 Å². The van der Waals surface area contributed by atoms with E-state index in [9.17, 15) is 19.5 Å². The number of carbonyl (C=O) groups excluding carboxylic acids is 2. The second-order valence-electron chi connectivity index (χ2n) is 8.97. The number of carboxylic acids is 1. The summed E-state index contributed by atoms with van der Waals surface area (Å²) in [6.45, 7) is 1.72. The van der Waals surface area contributed by atoms with Crippen molar-refractivity contribution in [3.63, 3.8) is 0 Å².